The number of hydrogen-bond donors (Lipinski definition) is 1. The molecule has 1 rings (SSSR count). The first-order valence-corrected chi connectivity index (χ1v) is 6.15. The van der Waals surface area contributed by atoms with Gasteiger partial charge in [-0.1, -0.05) is 13.3 Å². The predicted octanol–water partition coefficient (Wildman–Crippen LogP) is 1.18. The summed E-state index contributed by atoms with van der Waals surface area (Å²) in [5, 5.41) is 10.4. The largest absolute Gasteiger partial charge is 0.387 e. The number of likely N-dealkylation sites (N-methyl/N-ethyl adjacent to an activating group) is 2. The van der Waals surface area contributed by atoms with E-state index < -0.39 is 5.60 Å². The lowest BCUT2D eigenvalue weighted by atomic mass is 9.92. The molecule has 1 N–H and O–H groups in total. The van der Waals surface area contributed by atoms with E-state index in [0.29, 0.717) is 0 Å². The van der Waals surface area contributed by atoms with Crippen LogP contribution in [0.15, 0.2) is 0 Å². The normalized spacial score (nSPS) is 28.6. The van der Waals surface area contributed by atoms with Crippen LogP contribution < -0.4 is 0 Å². The molecule has 0 unspecified atom stereocenters. The van der Waals surface area contributed by atoms with Gasteiger partial charge in [0, 0.05) is 13.1 Å². The Labute approximate surface area is 94.1 Å². The molecule has 1 atom stereocenters. The number of nitrogens with zero attached hydrogens (tertiary/aromatic N) is 2. The molecular formula is C12H26N2O. The zero-order valence-corrected chi connectivity index (χ0v) is 10.5. The van der Waals surface area contributed by atoms with E-state index in [0.717, 1.165) is 39.0 Å². The third kappa shape index (κ3) is 4.49. The van der Waals surface area contributed by atoms with Crippen LogP contribution in [0.4, 0.5) is 0 Å². The van der Waals surface area contributed by atoms with Crippen molar-refractivity contribution in [2.45, 2.75) is 38.2 Å². The minimum atomic E-state index is -0.477. The van der Waals surface area contributed by atoms with Crippen molar-refractivity contribution in [3.8, 4) is 0 Å². The van der Waals surface area contributed by atoms with Crippen molar-refractivity contribution in [3.05, 3.63) is 0 Å². The van der Waals surface area contributed by atoms with Crippen LogP contribution in [0.3, 0.4) is 0 Å². The maximum atomic E-state index is 10.4. The molecule has 90 valence electrons. The molecule has 1 heterocycles. The Morgan fingerprint density at radius 2 is 2.20 bits per heavy atom. The smallest absolute Gasteiger partial charge is 0.0900 e. The van der Waals surface area contributed by atoms with Crippen LogP contribution in [0.1, 0.15) is 32.6 Å². The summed E-state index contributed by atoms with van der Waals surface area (Å²) in [6.45, 7) is 6.07. The molecular weight excluding hydrogens is 188 g/mol. The van der Waals surface area contributed by atoms with Gasteiger partial charge in [-0.2, -0.15) is 0 Å². The second kappa shape index (κ2) is 5.83. The van der Waals surface area contributed by atoms with Crippen molar-refractivity contribution in [2.24, 2.45) is 0 Å². The molecule has 0 aromatic heterocycles. The Balaban J connectivity index is 2.34. The molecule has 3 heteroatoms. The summed E-state index contributed by atoms with van der Waals surface area (Å²) < 4.78 is 0. The number of likely N-dealkylation sites (tertiary alicyclic amines) is 1. The van der Waals surface area contributed by atoms with Gasteiger partial charge in [0.2, 0.25) is 0 Å². The van der Waals surface area contributed by atoms with Gasteiger partial charge in [-0.3, -0.25) is 0 Å². The van der Waals surface area contributed by atoms with E-state index in [1.807, 2.05) is 0 Å². The third-order valence-corrected chi connectivity index (χ3v) is 3.20. The van der Waals surface area contributed by atoms with Crippen molar-refractivity contribution >= 4 is 0 Å². The van der Waals surface area contributed by atoms with Gasteiger partial charge in [0.25, 0.3) is 0 Å². The summed E-state index contributed by atoms with van der Waals surface area (Å²) in [6.07, 6.45) is 4.52. The standard InChI is InChI=1S/C12H26N2O/c1-4-5-8-13(2)10-12(15)7-6-9-14(3)11-12/h15H,4-11H2,1-3H3/t12-/m0/s1. The number of β-amino-alcohol motifs (C(OH)–C–C–N with tert-alkyl or cyclic N) is 1. The van der Waals surface area contributed by atoms with E-state index in [4.69, 9.17) is 0 Å². The number of unbranched alkanes of at least 4 members (excludes halogenated alkanes) is 1. The van der Waals surface area contributed by atoms with Crippen LogP contribution in [-0.2, 0) is 0 Å². The van der Waals surface area contributed by atoms with Gasteiger partial charge in [0.05, 0.1) is 5.60 Å². The van der Waals surface area contributed by atoms with Gasteiger partial charge in [-0.15, -0.1) is 0 Å². The highest BCUT2D eigenvalue weighted by Crippen LogP contribution is 2.20. The molecule has 0 radical (unpaired) electrons. The predicted molar refractivity (Wildman–Crippen MR) is 64.1 cm³/mol. The Morgan fingerprint density at radius 1 is 1.47 bits per heavy atom. The summed E-state index contributed by atoms with van der Waals surface area (Å²) in [6, 6.07) is 0. The Bertz CT molecular complexity index is 186. The molecule has 1 aliphatic heterocycles. The van der Waals surface area contributed by atoms with Gasteiger partial charge in [0.1, 0.15) is 0 Å². The average Bonchev–Trinajstić information content (AvgIpc) is 2.13. The van der Waals surface area contributed by atoms with Crippen LogP contribution in [0.25, 0.3) is 0 Å². The van der Waals surface area contributed by atoms with Gasteiger partial charge in [-0.05, 0) is 46.4 Å². The van der Waals surface area contributed by atoms with Crippen molar-refractivity contribution in [1.82, 2.24) is 9.80 Å². The Hall–Kier alpha value is -0.120. The highest BCUT2D eigenvalue weighted by Gasteiger charge is 2.32. The van der Waals surface area contributed by atoms with Gasteiger partial charge < -0.3 is 14.9 Å². The van der Waals surface area contributed by atoms with Crippen LogP contribution in [0, 0.1) is 0 Å². The van der Waals surface area contributed by atoms with E-state index in [2.05, 4.69) is 30.8 Å². The number of piperidine rings is 1. The maximum Gasteiger partial charge on any atom is 0.0900 e. The van der Waals surface area contributed by atoms with E-state index in [1.165, 1.54) is 12.8 Å². The first-order valence-electron chi connectivity index (χ1n) is 6.15. The van der Waals surface area contributed by atoms with E-state index in [9.17, 15) is 5.11 Å². The second-order valence-corrected chi connectivity index (χ2v) is 5.16. The molecule has 0 saturated carbocycles. The third-order valence-electron chi connectivity index (χ3n) is 3.20. The molecule has 0 amide bonds. The molecule has 15 heavy (non-hydrogen) atoms. The minimum Gasteiger partial charge on any atom is -0.387 e. The molecule has 0 spiro atoms. The van der Waals surface area contributed by atoms with Crippen LogP contribution in [0.5, 0.6) is 0 Å². The number of rotatable bonds is 5. The topological polar surface area (TPSA) is 26.7 Å². The summed E-state index contributed by atoms with van der Waals surface area (Å²) >= 11 is 0. The fourth-order valence-corrected chi connectivity index (χ4v) is 2.48. The molecule has 0 aromatic carbocycles. The second-order valence-electron chi connectivity index (χ2n) is 5.16. The number of hydrogen-bond acceptors (Lipinski definition) is 3. The monoisotopic (exact) mass is 214 g/mol. The first-order chi connectivity index (χ1) is 7.06. The molecule has 0 bridgehead atoms. The van der Waals surface area contributed by atoms with Crippen molar-refractivity contribution in [1.29, 1.82) is 0 Å². The Morgan fingerprint density at radius 3 is 2.80 bits per heavy atom. The number of aliphatic hydroxyl groups is 1. The van der Waals surface area contributed by atoms with Crippen LogP contribution >= 0.6 is 0 Å². The lowest BCUT2D eigenvalue weighted by molar-refractivity contribution is -0.0429. The van der Waals surface area contributed by atoms with Crippen LogP contribution in [-0.4, -0.2) is 60.8 Å². The molecule has 1 aliphatic rings. The fourth-order valence-electron chi connectivity index (χ4n) is 2.48. The lowest BCUT2D eigenvalue weighted by Crippen LogP contribution is -2.52. The van der Waals surface area contributed by atoms with Crippen molar-refractivity contribution in [2.75, 3.05) is 40.3 Å². The van der Waals surface area contributed by atoms with Gasteiger partial charge in [-0.25, -0.2) is 0 Å². The zero-order chi connectivity index (χ0) is 11.3. The summed E-state index contributed by atoms with van der Waals surface area (Å²) in [4.78, 5) is 4.50. The maximum absolute atomic E-state index is 10.4. The van der Waals surface area contributed by atoms with Crippen molar-refractivity contribution in [3.63, 3.8) is 0 Å². The SMILES string of the molecule is CCCCN(C)C[C@@]1(O)CCCN(C)C1. The lowest BCUT2D eigenvalue weighted by Gasteiger charge is -2.39. The van der Waals surface area contributed by atoms with Gasteiger partial charge >= 0.3 is 0 Å². The molecule has 3 nitrogen and oxygen atoms in total. The molecule has 0 aromatic rings. The quantitative estimate of drug-likeness (QED) is 0.744. The summed E-state index contributed by atoms with van der Waals surface area (Å²) in [5.41, 5.74) is -0.477. The van der Waals surface area contributed by atoms with Crippen LogP contribution in [0.2, 0.25) is 0 Å². The van der Waals surface area contributed by atoms with E-state index in [1.54, 1.807) is 0 Å². The minimum absolute atomic E-state index is 0.477. The first kappa shape index (κ1) is 12.9. The molecule has 1 saturated heterocycles. The summed E-state index contributed by atoms with van der Waals surface area (Å²) in [7, 11) is 4.21. The van der Waals surface area contributed by atoms with Crippen molar-refractivity contribution < 1.29 is 5.11 Å². The average molecular weight is 214 g/mol. The Kier molecular flexibility index (Phi) is 5.03. The zero-order valence-electron chi connectivity index (χ0n) is 10.5. The molecule has 1 fully saturated rings. The van der Waals surface area contributed by atoms with E-state index >= 15 is 0 Å². The highest BCUT2D eigenvalue weighted by atomic mass is 16.3. The fraction of sp³-hybridized carbons (Fsp3) is 1.00. The van der Waals surface area contributed by atoms with E-state index in [-0.39, 0.29) is 0 Å². The summed E-state index contributed by atoms with van der Waals surface area (Å²) in [5.74, 6) is 0. The molecule has 0 aliphatic carbocycles. The highest BCUT2D eigenvalue weighted by molar-refractivity contribution is 4.88. The van der Waals surface area contributed by atoms with Gasteiger partial charge in [0.15, 0.2) is 0 Å².